The van der Waals surface area contributed by atoms with Crippen LogP contribution in [-0.2, 0) is 9.53 Å². The summed E-state index contributed by atoms with van der Waals surface area (Å²) in [6, 6.07) is 3.72. The fourth-order valence-electron chi connectivity index (χ4n) is 2.06. The molecule has 1 aromatic rings. The second-order valence-corrected chi connectivity index (χ2v) is 6.53. The van der Waals surface area contributed by atoms with Crippen molar-refractivity contribution in [3.8, 4) is 0 Å². The lowest BCUT2D eigenvalue weighted by Gasteiger charge is -2.11. The number of aryl methyl sites for hydroxylation is 1. The number of halogens is 1. The Morgan fingerprint density at radius 1 is 1.30 bits per heavy atom. The molecule has 0 aliphatic carbocycles. The number of amides is 1. The maximum absolute atomic E-state index is 12.0. The van der Waals surface area contributed by atoms with E-state index in [0.29, 0.717) is 37.9 Å². The van der Waals surface area contributed by atoms with Crippen LogP contribution in [0.5, 0.6) is 0 Å². The van der Waals surface area contributed by atoms with Gasteiger partial charge in [-0.2, -0.15) is 0 Å². The number of pyridine rings is 1. The third-order valence-corrected chi connectivity index (χ3v) is 3.34. The van der Waals surface area contributed by atoms with Crippen LogP contribution in [0.25, 0.3) is 0 Å². The van der Waals surface area contributed by atoms with Crippen molar-refractivity contribution >= 4 is 41.7 Å². The number of hydrogen-bond acceptors (Lipinski definition) is 4. The lowest BCUT2D eigenvalue weighted by atomic mass is 10.2. The molecule has 7 nitrogen and oxygen atoms in total. The molecular weight excluding hydrogens is 457 g/mol. The Hall–Kier alpha value is -1.42. The zero-order valence-corrected chi connectivity index (χ0v) is 19.2. The Bertz CT molecular complexity index is 550. The number of nitrogens with zero attached hydrogens (tertiary/aromatic N) is 2. The molecule has 0 fully saturated rings. The molecule has 8 heteroatoms. The van der Waals surface area contributed by atoms with Crippen LogP contribution < -0.4 is 16.0 Å². The molecule has 27 heavy (non-hydrogen) atoms. The van der Waals surface area contributed by atoms with E-state index in [2.05, 4.69) is 39.8 Å². The van der Waals surface area contributed by atoms with Crippen LogP contribution in [0.1, 0.15) is 39.2 Å². The molecule has 0 radical (unpaired) electrons. The van der Waals surface area contributed by atoms with Crippen molar-refractivity contribution in [3.05, 3.63) is 23.9 Å². The van der Waals surface area contributed by atoms with Crippen molar-refractivity contribution in [1.82, 2.24) is 15.6 Å². The molecule has 0 aliphatic rings. The van der Waals surface area contributed by atoms with Crippen LogP contribution in [0.2, 0.25) is 0 Å². The Labute approximate surface area is 180 Å². The first-order chi connectivity index (χ1) is 12.5. The Morgan fingerprint density at radius 3 is 2.70 bits per heavy atom. The van der Waals surface area contributed by atoms with Gasteiger partial charge in [0.15, 0.2) is 5.96 Å². The van der Waals surface area contributed by atoms with Crippen LogP contribution >= 0.6 is 24.0 Å². The lowest BCUT2D eigenvalue weighted by Crippen LogP contribution is -2.38. The number of guanidine groups is 1. The van der Waals surface area contributed by atoms with Crippen molar-refractivity contribution in [1.29, 1.82) is 0 Å². The largest absolute Gasteiger partial charge is 0.381 e. The van der Waals surface area contributed by atoms with Gasteiger partial charge in [0, 0.05) is 45.5 Å². The average Bonchev–Trinajstić information content (AvgIpc) is 2.59. The average molecular weight is 491 g/mol. The second-order valence-electron chi connectivity index (χ2n) is 6.53. The summed E-state index contributed by atoms with van der Waals surface area (Å²) in [6.07, 6.45) is 2.95. The minimum Gasteiger partial charge on any atom is -0.381 e. The number of carbonyl (C=O) groups is 1. The molecule has 0 saturated heterocycles. The van der Waals surface area contributed by atoms with Crippen molar-refractivity contribution in [2.45, 2.75) is 40.5 Å². The molecule has 1 rings (SSSR count). The molecule has 0 bridgehead atoms. The topological polar surface area (TPSA) is 87.6 Å². The minimum absolute atomic E-state index is 0. The summed E-state index contributed by atoms with van der Waals surface area (Å²) >= 11 is 0. The molecule has 1 amide bonds. The van der Waals surface area contributed by atoms with Crippen molar-refractivity contribution in [2.24, 2.45) is 10.9 Å². The van der Waals surface area contributed by atoms with E-state index in [1.54, 1.807) is 12.3 Å². The molecule has 3 N–H and O–H groups in total. The second kappa shape index (κ2) is 15.6. The van der Waals surface area contributed by atoms with Gasteiger partial charge in [-0.15, -0.1) is 24.0 Å². The van der Waals surface area contributed by atoms with E-state index in [0.717, 1.165) is 31.1 Å². The van der Waals surface area contributed by atoms with Gasteiger partial charge in [0.05, 0.1) is 0 Å². The lowest BCUT2D eigenvalue weighted by molar-refractivity contribution is -0.116. The van der Waals surface area contributed by atoms with E-state index in [-0.39, 0.29) is 29.9 Å². The van der Waals surface area contributed by atoms with Gasteiger partial charge in [-0.1, -0.05) is 19.9 Å². The van der Waals surface area contributed by atoms with Gasteiger partial charge in [-0.3, -0.25) is 9.79 Å². The van der Waals surface area contributed by atoms with E-state index in [1.165, 1.54) is 0 Å². The van der Waals surface area contributed by atoms with Crippen molar-refractivity contribution in [2.75, 3.05) is 38.2 Å². The molecule has 0 aliphatic heterocycles. The maximum atomic E-state index is 12.0. The molecule has 0 spiro atoms. The summed E-state index contributed by atoms with van der Waals surface area (Å²) in [7, 11) is 0. The number of rotatable bonds is 11. The number of hydrogen-bond donors (Lipinski definition) is 3. The van der Waals surface area contributed by atoms with E-state index in [4.69, 9.17) is 4.74 Å². The Balaban J connectivity index is 0.00000676. The highest BCUT2D eigenvalue weighted by molar-refractivity contribution is 14.0. The molecule has 1 heterocycles. The predicted molar refractivity (Wildman–Crippen MR) is 122 cm³/mol. The summed E-state index contributed by atoms with van der Waals surface area (Å²) < 4.78 is 5.54. The van der Waals surface area contributed by atoms with E-state index < -0.39 is 0 Å². The first-order valence-electron chi connectivity index (χ1n) is 9.33. The van der Waals surface area contributed by atoms with Crippen LogP contribution in [0.15, 0.2) is 23.3 Å². The van der Waals surface area contributed by atoms with Gasteiger partial charge in [0.1, 0.15) is 5.82 Å². The molecule has 0 aromatic carbocycles. The minimum atomic E-state index is -0.0770. The number of ether oxygens (including phenoxy) is 1. The first kappa shape index (κ1) is 25.6. The summed E-state index contributed by atoms with van der Waals surface area (Å²) in [5.41, 5.74) is 1.06. The maximum Gasteiger partial charge on any atom is 0.227 e. The first-order valence-corrected chi connectivity index (χ1v) is 9.33. The summed E-state index contributed by atoms with van der Waals surface area (Å²) in [4.78, 5) is 20.6. The summed E-state index contributed by atoms with van der Waals surface area (Å²) in [6.45, 7) is 11.7. The molecule has 0 saturated carbocycles. The van der Waals surface area contributed by atoms with Crippen LogP contribution in [0.3, 0.4) is 0 Å². The smallest absolute Gasteiger partial charge is 0.227 e. The molecule has 0 atom stereocenters. The van der Waals surface area contributed by atoms with Crippen molar-refractivity contribution < 1.29 is 9.53 Å². The third-order valence-electron chi connectivity index (χ3n) is 3.34. The van der Waals surface area contributed by atoms with Crippen molar-refractivity contribution in [3.63, 3.8) is 0 Å². The number of nitrogens with one attached hydrogen (secondary N) is 3. The molecule has 154 valence electrons. The number of anilines is 1. The summed E-state index contributed by atoms with van der Waals surface area (Å²) in [5.74, 6) is 1.77. The van der Waals surface area contributed by atoms with E-state index in [9.17, 15) is 4.79 Å². The molecule has 1 aromatic heterocycles. The number of aromatic nitrogens is 1. The number of carbonyl (C=O) groups excluding carboxylic acids is 1. The highest BCUT2D eigenvalue weighted by Crippen LogP contribution is 2.03. The van der Waals surface area contributed by atoms with E-state index in [1.807, 2.05) is 19.9 Å². The van der Waals surface area contributed by atoms with Gasteiger partial charge < -0.3 is 20.7 Å². The monoisotopic (exact) mass is 491 g/mol. The van der Waals surface area contributed by atoms with E-state index >= 15 is 0 Å². The molecular formula is C19H34IN5O2. The third kappa shape index (κ3) is 13.4. The fourth-order valence-corrected chi connectivity index (χ4v) is 2.06. The van der Waals surface area contributed by atoms with Gasteiger partial charge in [-0.05, 0) is 37.8 Å². The highest BCUT2D eigenvalue weighted by atomic mass is 127. The predicted octanol–water partition coefficient (Wildman–Crippen LogP) is 2.95. The number of aliphatic imine (C=N–C) groups is 1. The zero-order chi connectivity index (χ0) is 19.2. The molecule has 0 unspecified atom stereocenters. The Morgan fingerprint density at radius 2 is 2.07 bits per heavy atom. The van der Waals surface area contributed by atoms with Gasteiger partial charge in [0.25, 0.3) is 0 Å². The SMILES string of the molecule is CCNC(=NCCCOCC(C)C)NCCC(=O)Nc1ccc(C)cn1.I. The summed E-state index contributed by atoms with van der Waals surface area (Å²) in [5, 5.41) is 9.13. The normalized spacial score (nSPS) is 11.1. The Kier molecular flexibility index (Phi) is 14.8. The fraction of sp³-hybridized carbons (Fsp3) is 0.632. The van der Waals surface area contributed by atoms with Gasteiger partial charge >= 0.3 is 0 Å². The van der Waals surface area contributed by atoms with Gasteiger partial charge in [-0.25, -0.2) is 4.98 Å². The van der Waals surface area contributed by atoms with Crippen LogP contribution in [0, 0.1) is 12.8 Å². The van der Waals surface area contributed by atoms with Crippen LogP contribution in [0.4, 0.5) is 5.82 Å². The highest BCUT2D eigenvalue weighted by Gasteiger charge is 2.04. The zero-order valence-electron chi connectivity index (χ0n) is 16.9. The quantitative estimate of drug-likeness (QED) is 0.192. The standard InChI is InChI=1S/C19H33N5O2.HI/c1-5-20-19(21-10-6-12-26-14-15(2)3)22-11-9-18(25)24-17-8-7-16(4)13-23-17;/h7-8,13,15H,5-6,9-12,14H2,1-4H3,(H2,20,21,22)(H,23,24,25);1H. The van der Waals surface area contributed by atoms with Crippen LogP contribution in [-0.4, -0.2) is 49.7 Å². The van der Waals surface area contributed by atoms with Gasteiger partial charge in [0.2, 0.25) is 5.91 Å².